The topological polar surface area (TPSA) is 42.2 Å². The number of nitrogens with zero attached hydrogens (tertiary/aromatic N) is 3. The fourth-order valence-corrected chi connectivity index (χ4v) is 3.59. The average molecular weight is 256 g/mol. The summed E-state index contributed by atoms with van der Waals surface area (Å²) in [6.45, 7) is 1.03. The fourth-order valence-electron chi connectivity index (χ4n) is 3.48. The zero-order chi connectivity index (χ0) is 11.8. The summed E-state index contributed by atoms with van der Waals surface area (Å²) in [7, 11) is 2.03. The molecule has 5 heteroatoms. The molecule has 4 nitrogen and oxygen atoms in total. The lowest BCUT2D eigenvalue weighted by molar-refractivity contribution is 0.332. The van der Waals surface area contributed by atoms with Crippen molar-refractivity contribution >= 4 is 17.6 Å². The van der Waals surface area contributed by atoms with Gasteiger partial charge in [-0.25, -0.2) is 0 Å². The Hall–Kier alpha value is -0.770. The molecule has 2 fully saturated rings. The highest BCUT2D eigenvalue weighted by Gasteiger charge is 2.40. The first-order chi connectivity index (χ1) is 8.26. The Bertz CT molecular complexity index is 395. The Morgan fingerprint density at radius 1 is 1.35 bits per heavy atom. The van der Waals surface area contributed by atoms with Gasteiger partial charge >= 0.3 is 6.01 Å². The van der Waals surface area contributed by atoms with Gasteiger partial charge in [0.25, 0.3) is 0 Å². The first-order valence-corrected chi connectivity index (χ1v) is 6.89. The van der Waals surface area contributed by atoms with E-state index in [1.54, 1.807) is 0 Å². The molecule has 0 N–H and O–H groups in total. The Kier molecular flexibility index (Phi) is 2.99. The van der Waals surface area contributed by atoms with Crippen molar-refractivity contribution in [2.24, 2.45) is 17.8 Å². The molecule has 2 aliphatic carbocycles. The van der Waals surface area contributed by atoms with Crippen molar-refractivity contribution in [3.63, 3.8) is 0 Å². The summed E-state index contributed by atoms with van der Waals surface area (Å²) in [5.74, 6) is 3.51. The third-order valence-corrected chi connectivity index (χ3v) is 4.52. The normalized spacial score (nSPS) is 31.1. The minimum atomic E-state index is 0.287. The quantitative estimate of drug-likeness (QED) is 0.776. The van der Waals surface area contributed by atoms with Crippen LogP contribution in [0.25, 0.3) is 0 Å². The maximum atomic E-state index is 5.65. The fraction of sp³-hybridized carbons (Fsp3) is 0.833. The van der Waals surface area contributed by atoms with Crippen LogP contribution in [0.3, 0.4) is 0 Å². The number of fused-ring (bicyclic) bond motifs is 2. The molecule has 3 rings (SSSR count). The van der Waals surface area contributed by atoms with Gasteiger partial charge in [0.2, 0.25) is 5.89 Å². The molecule has 2 aliphatic rings. The molecule has 0 aromatic carbocycles. The Balaban J connectivity index is 1.61. The van der Waals surface area contributed by atoms with Crippen molar-refractivity contribution in [1.82, 2.24) is 10.2 Å². The second kappa shape index (κ2) is 4.48. The Labute approximate surface area is 106 Å². The molecular weight excluding hydrogens is 238 g/mol. The standard InChI is InChI=1S/C12H18ClN3O/c1-16(12-15-14-11(6-13)17-12)7-10-5-8-2-3-9(10)4-8/h8-10H,2-7H2,1H3. The van der Waals surface area contributed by atoms with Gasteiger partial charge < -0.3 is 9.32 Å². The van der Waals surface area contributed by atoms with E-state index in [2.05, 4.69) is 15.1 Å². The predicted octanol–water partition coefficient (Wildman–Crippen LogP) is 2.68. The molecule has 0 spiro atoms. The van der Waals surface area contributed by atoms with Crippen LogP contribution in [0.4, 0.5) is 6.01 Å². The maximum Gasteiger partial charge on any atom is 0.317 e. The SMILES string of the molecule is CN(CC1CC2CCC1C2)c1nnc(CCl)o1. The van der Waals surface area contributed by atoms with Gasteiger partial charge in [-0.3, -0.25) is 0 Å². The second-order valence-electron chi connectivity index (χ2n) is 5.43. The van der Waals surface area contributed by atoms with E-state index in [0.29, 0.717) is 11.9 Å². The van der Waals surface area contributed by atoms with Crippen molar-refractivity contribution in [1.29, 1.82) is 0 Å². The van der Waals surface area contributed by atoms with Crippen LogP contribution in [0.1, 0.15) is 31.6 Å². The number of halogens is 1. The molecule has 94 valence electrons. The predicted molar refractivity (Wildman–Crippen MR) is 66.1 cm³/mol. The van der Waals surface area contributed by atoms with Gasteiger partial charge in [0.05, 0.1) is 0 Å². The summed E-state index contributed by atoms with van der Waals surface area (Å²) in [5.41, 5.74) is 0. The zero-order valence-corrected chi connectivity index (χ0v) is 10.9. The minimum Gasteiger partial charge on any atom is -0.407 e. The third-order valence-electron chi connectivity index (χ3n) is 4.29. The molecule has 0 saturated heterocycles. The molecule has 1 aromatic rings. The van der Waals surface area contributed by atoms with Crippen molar-refractivity contribution in [3.05, 3.63) is 5.89 Å². The maximum absolute atomic E-state index is 5.65. The molecule has 1 heterocycles. The van der Waals surface area contributed by atoms with Gasteiger partial charge in [-0.15, -0.1) is 16.7 Å². The Morgan fingerprint density at radius 3 is 2.82 bits per heavy atom. The van der Waals surface area contributed by atoms with Gasteiger partial charge in [0.1, 0.15) is 5.88 Å². The number of alkyl halides is 1. The van der Waals surface area contributed by atoms with Crippen LogP contribution in [0.2, 0.25) is 0 Å². The summed E-state index contributed by atoms with van der Waals surface area (Å²) in [6.07, 6.45) is 5.68. The van der Waals surface area contributed by atoms with Gasteiger partial charge in [-0.05, 0) is 37.0 Å². The smallest absolute Gasteiger partial charge is 0.317 e. The first-order valence-electron chi connectivity index (χ1n) is 6.35. The monoisotopic (exact) mass is 255 g/mol. The molecule has 3 unspecified atom stereocenters. The van der Waals surface area contributed by atoms with Crippen molar-refractivity contribution in [3.8, 4) is 0 Å². The molecule has 0 amide bonds. The highest BCUT2D eigenvalue weighted by atomic mass is 35.5. The number of hydrogen-bond donors (Lipinski definition) is 0. The average Bonchev–Trinajstić information content (AvgIpc) is 3.04. The molecule has 17 heavy (non-hydrogen) atoms. The third kappa shape index (κ3) is 2.15. The largest absolute Gasteiger partial charge is 0.407 e. The summed E-state index contributed by atoms with van der Waals surface area (Å²) in [4.78, 5) is 2.08. The van der Waals surface area contributed by atoms with Crippen LogP contribution in [0.15, 0.2) is 4.42 Å². The van der Waals surface area contributed by atoms with Crippen molar-refractivity contribution < 1.29 is 4.42 Å². The van der Waals surface area contributed by atoms with Gasteiger partial charge in [-0.2, -0.15) is 0 Å². The van der Waals surface area contributed by atoms with E-state index in [1.165, 1.54) is 25.7 Å². The lowest BCUT2D eigenvalue weighted by Gasteiger charge is -2.25. The van der Waals surface area contributed by atoms with Crippen LogP contribution in [-0.2, 0) is 5.88 Å². The molecular formula is C12H18ClN3O. The molecule has 1 aromatic heterocycles. The minimum absolute atomic E-state index is 0.287. The molecule has 0 aliphatic heterocycles. The van der Waals surface area contributed by atoms with E-state index in [1.807, 2.05) is 7.05 Å². The number of hydrogen-bond acceptors (Lipinski definition) is 4. The van der Waals surface area contributed by atoms with Crippen LogP contribution < -0.4 is 4.90 Å². The van der Waals surface area contributed by atoms with E-state index < -0.39 is 0 Å². The molecule has 3 atom stereocenters. The van der Waals surface area contributed by atoms with E-state index in [4.69, 9.17) is 16.0 Å². The van der Waals surface area contributed by atoms with Gasteiger partial charge in [0.15, 0.2) is 0 Å². The zero-order valence-electron chi connectivity index (χ0n) is 10.1. The molecule has 0 radical (unpaired) electrons. The summed E-state index contributed by atoms with van der Waals surface area (Å²) in [5, 5.41) is 7.90. The summed E-state index contributed by atoms with van der Waals surface area (Å²) in [6, 6.07) is 0.600. The van der Waals surface area contributed by atoms with Crippen molar-refractivity contribution in [2.45, 2.75) is 31.6 Å². The van der Waals surface area contributed by atoms with Crippen molar-refractivity contribution in [2.75, 3.05) is 18.5 Å². The number of aromatic nitrogens is 2. The second-order valence-corrected chi connectivity index (χ2v) is 5.69. The van der Waals surface area contributed by atoms with Gasteiger partial charge in [-0.1, -0.05) is 11.5 Å². The van der Waals surface area contributed by atoms with Crippen LogP contribution in [0.5, 0.6) is 0 Å². The molecule has 2 bridgehead atoms. The Morgan fingerprint density at radius 2 is 2.24 bits per heavy atom. The van der Waals surface area contributed by atoms with E-state index in [0.717, 1.165) is 24.3 Å². The number of rotatable bonds is 4. The van der Waals surface area contributed by atoms with E-state index >= 15 is 0 Å². The summed E-state index contributed by atoms with van der Waals surface area (Å²) >= 11 is 5.65. The van der Waals surface area contributed by atoms with Gasteiger partial charge in [0, 0.05) is 13.6 Å². The van der Waals surface area contributed by atoms with Crippen LogP contribution >= 0.6 is 11.6 Å². The lowest BCUT2D eigenvalue weighted by atomic mass is 9.88. The lowest BCUT2D eigenvalue weighted by Crippen LogP contribution is -2.28. The van der Waals surface area contributed by atoms with E-state index in [-0.39, 0.29) is 5.88 Å². The number of anilines is 1. The highest BCUT2D eigenvalue weighted by molar-refractivity contribution is 6.16. The highest BCUT2D eigenvalue weighted by Crippen LogP contribution is 2.48. The van der Waals surface area contributed by atoms with Crippen LogP contribution in [0, 0.1) is 17.8 Å². The first kappa shape index (κ1) is 11.3. The molecule has 2 saturated carbocycles. The summed E-state index contributed by atoms with van der Waals surface area (Å²) < 4.78 is 5.46. The van der Waals surface area contributed by atoms with Crippen LogP contribution in [-0.4, -0.2) is 23.8 Å². The van der Waals surface area contributed by atoms with E-state index in [9.17, 15) is 0 Å².